The zero-order valence-corrected chi connectivity index (χ0v) is 23.2. The summed E-state index contributed by atoms with van der Waals surface area (Å²) in [5.74, 6) is -1.49. The third-order valence-corrected chi connectivity index (χ3v) is 8.04. The van der Waals surface area contributed by atoms with Gasteiger partial charge in [-0.15, -0.1) is 0 Å². The smallest absolute Gasteiger partial charge is 0.264 e. The Kier molecular flexibility index (Phi) is 9.45. The van der Waals surface area contributed by atoms with Crippen LogP contribution in [0, 0.1) is 12.7 Å². The highest BCUT2D eigenvalue weighted by Gasteiger charge is 2.32. The Morgan fingerprint density at radius 1 is 1.03 bits per heavy atom. The van der Waals surface area contributed by atoms with Gasteiger partial charge in [0.15, 0.2) is 0 Å². The highest BCUT2D eigenvalue weighted by Crippen LogP contribution is 2.25. The lowest BCUT2D eigenvalue weighted by Crippen LogP contribution is -2.51. The molecule has 0 radical (unpaired) electrons. The fraction of sp³-hybridized carbons (Fsp3) is 0.259. The quantitative estimate of drug-likeness (QED) is 0.373. The highest BCUT2D eigenvalue weighted by atomic mass is 79.9. The van der Waals surface area contributed by atoms with Crippen LogP contribution in [0.2, 0.25) is 0 Å². The fourth-order valence-electron chi connectivity index (χ4n) is 3.71. The summed E-state index contributed by atoms with van der Waals surface area (Å²) in [6.07, 6.45) is 0. The molecule has 10 heteroatoms. The number of amides is 2. The minimum Gasteiger partial charge on any atom is -0.355 e. The van der Waals surface area contributed by atoms with Crippen LogP contribution in [0.3, 0.4) is 0 Å². The maximum atomic E-state index is 13.7. The molecule has 0 aliphatic rings. The van der Waals surface area contributed by atoms with E-state index in [4.69, 9.17) is 0 Å². The van der Waals surface area contributed by atoms with Crippen LogP contribution in [0.5, 0.6) is 0 Å². The molecule has 0 aromatic heterocycles. The number of anilines is 1. The van der Waals surface area contributed by atoms with Crippen LogP contribution in [0.1, 0.15) is 25.0 Å². The first-order chi connectivity index (χ1) is 17.5. The molecule has 0 saturated heterocycles. The van der Waals surface area contributed by atoms with Gasteiger partial charge in [0.1, 0.15) is 18.4 Å². The van der Waals surface area contributed by atoms with Crippen LogP contribution in [0.15, 0.2) is 82.2 Å². The van der Waals surface area contributed by atoms with E-state index in [2.05, 4.69) is 21.2 Å². The zero-order chi connectivity index (χ0) is 27.2. The van der Waals surface area contributed by atoms with Gasteiger partial charge in [0.05, 0.1) is 10.6 Å². The summed E-state index contributed by atoms with van der Waals surface area (Å²) >= 11 is 3.42. The topological polar surface area (TPSA) is 86.8 Å². The largest absolute Gasteiger partial charge is 0.355 e. The lowest BCUT2D eigenvalue weighted by molar-refractivity contribution is -0.139. The Morgan fingerprint density at radius 3 is 2.27 bits per heavy atom. The predicted octanol–water partition coefficient (Wildman–Crippen LogP) is 4.65. The van der Waals surface area contributed by atoms with Crippen LogP contribution in [-0.4, -0.2) is 44.3 Å². The van der Waals surface area contributed by atoms with E-state index in [1.54, 1.807) is 38.1 Å². The van der Waals surface area contributed by atoms with E-state index < -0.39 is 34.3 Å². The van der Waals surface area contributed by atoms with Crippen molar-refractivity contribution in [2.75, 3.05) is 17.4 Å². The van der Waals surface area contributed by atoms with Crippen molar-refractivity contribution < 1.29 is 22.4 Å². The Bertz CT molecular complexity index is 1350. The van der Waals surface area contributed by atoms with E-state index in [0.717, 1.165) is 44.2 Å². The van der Waals surface area contributed by atoms with E-state index in [1.165, 1.54) is 4.90 Å². The molecule has 37 heavy (non-hydrogen) atoms. The van der Waals surface area contributed by atoms with Gasteiger partial charge in [0, 0.05) is 17.6 Å². The summed E-state index contributed by atoms with van der Waals surface area (Å²) in [5, 5.41) is 2.72. The van der Waals surface area contributed by atoms with Crippen molar-refractivity contribution in [3.05, 3.63) is 94.2 Å². The van der Waals surface area contributed by atoms with E-state index >= 15 is 0 Å². The van der Waals surface area contributed by atoms with Gasteiger partial charge < -0.3 is 10.2 Å². The molecule has 1 atom stereocenters. The van der Waals surface area contributed by atoms with Crippen LogP contribution < -0.4 is 9.62 Å². The van der Waals surface area contributed by atoms with Gasteiger partial charge in [-0.1, -0.05) is 45.8 Å². The molecule has 0 fully saturated rings. The summed E-state index contributed by atoms with van der Waals surface area (Å²) in [5.41, 5.74) is 1.95. The number of sulfonamides is 1. The monoisotopic (exact) mass is 589 g/mol. The van der Waals surface area contributed by atoms with Crippen LogP contribution in [0.25, 0.3) is 0 Å². The molecule has 0 spiro atoms. The van der Waals surface area contributed by atoms with Crippen molar-refractivity contribution in [2.45, 2.75) is 38.3 Å². The lowest BCUT2D eigenvalue weighted by atomic mass is 10.1. The van der Waals surface area contributed by atoms with Gasteiger partial charge in [0.2, 0.25) is 11.8 Å². The summed E-state index contributed by atoms with van der Waals surface area (Å²) in [6, 6.07) is 17.6. The molecule has 0 bridgehead atoms. The number of carbonyl (C=O) groups is 2. The van der Waals surface area contributed by atoms with Gasteiger partial charge in [0.25, 0.3) is 10.0 Å². The second kappa shape index (κ2) is 12.3. The Labute approximate surface area is 225 Å². The van der Waals surface area contributed by atoms with Gasteiger partial charge >= 0.3 is 0 Å². The molecule has 196 valence electrons. The van der Waals surface area contributed by atoms with Gasteiger partial charge in [-0.3, -0.25) is 13.9 Å². The number of hydrogen-bond acceptors (Lipinski definition) is 4. The third kappa shape index (κ3) is 7.17. The van der Waals surface area contributed by atoms with Crippen molar-refractivity contribution in [2.24, 2.45) is 0 Å². The molecule has 0 aliphatic heterocycles. The van der Waals surface area contributed by atoms with E-state index in [9.17, 15) is 22.4 Å². The van der Waals surface area contributed by atoms with Gasteiger partial charge in [-0.25, -0.2) is 12.8 Å². The first-order valence-electron chi connectivity index (χ1n) is 11.7. The molecule has 2 amide bonds. The highest BCUT2D eigenvalue weighted by molar-refractivity contribution is 9.10. The Balaban J connectivity index is 2.02. The van der Waals surface area contributed by atoms with Crippen LogP contribution in [-0.2, 0) is 26.2 Å². The minimum absolute atomic E-state index is 0.0922. The molecule has 3 aromatic rings. The second-order valence-electron chi connectivity index (χ2n) is 8.52. The number of nitrogens with zero attached hydrogens (tertiary/aromatic N) is 2. The number of nitrogens with one attached hydrogen (secondary N) is 1. The average Bonchev–Trinajstić information content (AvgIpc) is 2.86. The van der Waals surface area contributed by atoms with Crippen LogP contribution in [0.4, 0.5) is 10.1 Å². The molecule has 1 N–H and O–H groups in total. The SMILES string of the molecule is CCNC(=O)C(C)N(Cc1cccc(Br)c1)C(=O)CN(c1ccc(C)cc1)S(=O)(=O)c1ccc(F)cc1. The maximum absolute atomic E-state index is 13.7. The van der Waals surface area contributed by atoms with Gasteiger partial charge in [-0.2, -0.15) is 0 Å². The van der Waals surface area contributed by atoms with Crippen molar-refractivity contribution >= 4 is 43.5 Å². The zero-order valence-electron chi connectivity index (χ0n) is 20.8. The molecule has 3 aromatic carbocycles. The summed E-state index contributed by atoms with van der Waals surface area (Å²) in [6.45, 7) is 5.17. The third-order valence-electron chi connectivity index (χ3n) is 5.76. The normalized spacial score (nSPS) is 12.0. The Hall–Kier alpha value is -3.24. The number of likely N-dealkylation sites (N-methyl/N-ethyl adjacent to an activating group) is 1. The number of rotatable bonds is 10. The minimum atomic E-state index is -4.24. The first kappa shape index (κ1) is 28.3. The van der Waals surface area contributed by atoms with Crippen molar-refractivity contribution in [1.82, 2.24) is 10.2 Å². The molecular formula is C27H29BrFN3O4S. The van der Waals surface area contributed by atoms with E-state index in [-0.39, 0.29) is 23.0 Å². The number of hydrogen-bond donors (Lipinski definition) is 1. The number of carbonyl (C=O) groups excluding carboxylic acids is 2. The molecule has 7 nitrogen and oxygen atoms in total. The van der Waals surface area contributed by atoms with Crippen molar-refractivity contribution in [1.29, 1.82) is 0 Å². The molecule has 1 unspecified atom stereocenters. The maximum Gasteiger partial charge on any atom is 0.264 e. The second-order valence-corrected chi connectivity index (χ2v) is 11.3. The van der Waals surface area contributed by atoms with E-state index in [0.29, 0.717) is 6.54 Å². The molecular weight excluding hydrogens is 561 g/mol. The molecule has 3 rings (SSSR count). The predicted molar refractivity (Wildman–Crippen MR) is 145 cm³/mol. The summed E-state index contributed by atoms with van der Waals surface area (Å²) in [7, 11) is -4.24. The van der Waals surface area contributed by atoms with Crippen molar-refractivity contribution in [3.8, 4) is 0 Å². The number of aryl methyl sites for hydroxylation is 1. The van der Waals surface area contributed by atoms with E-state index in [1.807, 2.05) is 31.2 Å². The van der Waals surface area contributed by atoms with Gasteiger partial charge in [-0.05, 0) is 74.9 Å². The molecule has 0 heterocycles. The standard InChI is InChI=1S/C27H29BrFN3O4S/c1-4-30-27(34)20(3)31(17-21-6-5-7-22(28)16-21)26(33)18-32(24-12-8-19(2)9-13-24)37(35,36)25-14-10-23(29)11-15-25/h5-16,20H,4,17-18H2,1-3H3,(H,30,34). The lowest BCUT2D eigenvalue weighted by Gasteiger charge is -2.32. The van der Waals surface area contributed by atoms with Crippen LogP contribution >= 0.6 is 15.9 Å². The summed E-state index contributed by atoms with van der Waals surface area (Å²) < 4.78 is 42.6. The number of benzene rings is 3. The molecule has 0 saturated carbocycles. The molecule has 0 aliphatic carbocycles. The first-order valence-corrected chi connectivity index (χ1v) is 13.9. The van der Waals surface area contributed by atoms with Crippen molar-refractivity contribution in [3.63, 3.8) is 0 Å². The Morgan fingerprint density at radius 2 is 1.68 bits per heavy atom. The average molecular weight is 591 g/mol. The summed E-state index contributed by atoms with van der Waals surface area (Å²) in [4.78, 5) is 27.6. The fourth-order valence-corrected chi connectivity index (χ4v) is 5.57. The number of halogens is 2.